The van der Waals surface area contributed by atoms with Crippen molar-refractivity contribution in [2.24, 2.45) is 34.5 Å². The van der Waals surface area contributed by atoms with Crippen LogP contribution in [-0.4, -0.2) is 34.5 Å². The maximum Gasteiger partial charge on any atom is 0.302 e. The number of hydrogen-bond acceptors (Lipinski definition) is 4. The van der Waals surface area contributed by atoms with Crippen molar-refractivity contribution in [2.45, 2.75) is 77.6 Å². The van der Waals surface area contributed by atoms with Gasteiger partial charge in [0.1, 0.15) is 12.3 Å². The van der Waals surface area contributed by atoms with Crippen molar-refractivity contribution < 1.29 is 24.1 Å². The molecule has 154 valence electrons. The molecule has 0 aromatic heterocycles. The number of halogens is 1. The van der Waals surface area contributed by atoms with Gasteiger partial charge in [-0.3, -0.25) is 4.79 Å². The van der Waals surface area contributed by atoms with E-state index in [1.54, 1.807) is 0 Å². The Morgan fingerprint density at radius 2 is 1.96 bits per heavy atom. The number of aliphatic hydroxyl groups is 2. The van der Waals surface area contributed by atoms with E-state index in [1.807, 2.05) is 0 Å². The van der Waals surface area contributed by atoms with Gasteiger partial charge in [0.25, 0.3) is 0 Å². The lowest BCUT2D eigenvalue weighted by Gasteiger charge is -2.59. The highest BCUT2D eigenvalue weighted by molar-refractivity contribution is 5.66. The molecular formula is C23H31FO4. The lowest BCUT2D eigenvalue weighted by atomic mass is 9.46. The largest absolute Gasteiger partial charge is 0.461 e. The highest BCUT2D eigenvalue weighted by Gasteiger charge is 2.62. The second-order valence-corrected chi connectivity index (χ2v) is 9.81. The SMILES string of the molecule is CC(=O)OC1CC(O)[C@@]2(C)C(=CC[C@@H]3[C@H]2CC[C@]2(C)C(O)CC[C@@H]32)C1C#CF. The van der Waals surface area contributed by atoms with E-state index in [1.165, 1.54) is 13.1 Å². The fourth-order valence-electron chi connectivity index (χ4n) is 7.29. The van der Waals surface area contributed by atoms with Crippen LogP contribution in [0.2, 0.25) is 0 Å². The first-order valence-electron chi connectivity index (χ1n) is 10.6. The molecule has 0 bridgehead atoms. The highest BCUT2D eigenvalue weighted by atomic mass is 19.1. The van der Waals surface area contributed by atoms with Crippen LogP contribution in [0.15, 0.2) is 11.6 Å². The molecule has 2 N–H and O–H groups in total. The Balaban J connectivity index is 1.73. The van der Waals surface area contributed by atoms with Crippen LogP contribution >= 0.6 is 0 Å². The van der Waals surface area contributed by atoms with Crippen molar-refractivity contribution in [2.75, 3.05) is 0 Å². The van der Waals surface area contributed by atoms with Gasteiger partial charge < -0.3 is 14.9 Å². The Hall–Kier alpha value is -1.38. The molecule has 0 aromatic carbocycles. The van der Waals surface area contributed by atoms with Crippen molar-refractivity contribution >= 4 is 5.97 Å². The molecule has 0 aliphatic heterocycles. The Bertz CT molecular complexity index is 751. The molecule has 28 heavy (non-hydrogen) atoms. The number of hydrogen-bond donors (Lipinski definition) is 2. The van der Waals surface area contributed by atoms with Gasteiger partial charge in [-0.2, -0.15) is 0 Å². The molecule has 9 atom stereocenters. The van der Waals surface area contributed by atoms with Gasteiger partial charge in [0.05, 0.1) is 18.1 Å². The van der Waals surface area contributed by atoms with Crippen molar-refractivity contribution in [1.82, 2.24) is 0 Å². The van der Waals surface area contributed by atoms with E-state index in [4.69, 9.17) is 4.74 Å². The normalized spacial score (nSPS) is 49.6. The van der Waals surface area contributed by atoms with Gasteiger partial charge in [0.15, 0.2) is 0 Å². The van der Waals surface area contributed by atoms with E-state index < -0.39 is 29.5 Å². The average molecular weight is 390 g/mol. The minimum absolute atomic E-state index is 0.0408. The molecule has 0 saturated heterocycles. The fourth-order valence-corrected chi connectivity index (χ4v) is 7.29. The van der Waals surface area contributed by atoms with Crippen LogP contribution in [0.1, 0.15) is 59.3 Å². The number of carbonyl (C=O) groups is 1. The standard InChI is InChI=1S/C23H31FO4/c1-13(25)28-19-12-21(27)23(3)17(15(19)9-11-24)5-4-14-16-6-7-20(26)22(16,2)10-8-18(14)23/h5,14-16,18-21,26-27H,4,6-8,10,12H2,1-3H3/t14-,15?,16-,18+,19?,20?,21?,22-,23-/m0/s1. The fraction of sp³-hybridized carbons (Fsp3) is 0.783. The number of fused-ring (bicyclic) bond motifs is 5. The lowest BCUT2D eigenvalue weighted by molar-refractivity contribution is -0.158. The molecule has 0 radical (unpaired) electrons. The molecular weight excluding hydrogens is 359 g/mol. The Labute approximate surface area is 166 Å². The van der Waals surface area contributed by atoms with E-state index in [-0.39, 0.29) is 23.9 Å². The first-order chi connectivity index (χ1) is 13.2. The van der Waals surface area contributed by atoms with Gasteiger partial charge in [-0.05, 0) is 60.8 Å². The van der Waals surface area contributed by atoms with Crippen molar-refractivity contribution in [3.05, 3.63) is 11.6 Å². The summed E-state index contributed by atoms with van der Waals surface area (Å²) in [6.45, 7) is 5.64. The van der Waals surface area contributed by atoms with Gasteiger partial charge >= 0.3 is 5.97 Å². The first kappa shape index (κ1) is 19.9. The van der Waals surface area contributed by atoms with Gasteiger partial charge in [-0.1, -0.05) is 25.8 Å². The molecule has 3 fully saturated rings. The minimum atomic E-state index is -0.663. The highest BCUT2D eigenvalue weighted by Crippen LogP contribution is 2.65. The Kier molecular flexibility index (Phi) is 4.87. The number of rotatable bonds is 1. The van der Waals surface area contributed by atoms with E-state index in [0.29, 0.717) is 11.8 Å². The summed E-state index contributed by atoms with van der Waals surface area (Å²) in [7, 11) is 0. The van der Waals surface area contributed by atoms with Crippen LogP contribution < -0.4 is 0 Å². The number of esters is 1. The summed E-state index contributed by atoms with van der Waals surface area (Å²) >= 11 is 0. The van der Waals surface area contributed by atoms with E-state index in [9.17, 15) is 19.4 Å². The zero-order valence-corrected chi connectivity index (χ0v) is 17.0. The molecule has 0 heterocycles. The molecule has 4 aliphatic rings. The molecule has 0 amide bonds. The van der Waals surface area contributed by atoms with E-state index in [0.717, 1.165) is 37.7 Å². The third-order valence-corrected chi connectivity index (χ3v) is 8.77. The summed E-state index contributed by atoms with van der Waals surface area (Å²) in [6.07, 6.45) is 7.03. The third kappa shape index (κ3) is 2.68. The van der Waals surface area contributed by atoms with Crippen molar-refractivity contribution in [1.29, 1.82) is 0 Å². The van der Waals surface area contributed by atoms with Gasteiger partial charge in [0.2, 0.25) is 0 Å². The maximum atomic E-state index is 13.1. The second-order valence-electron chi connectivity index (χ2n) is 9.81. The summed E-state index contributed by atoms with van der Waals surface area (Å²) in [6, 6.07) is 0. The minimum Gasteiger partial charge on any atom is -0.461 e. The summed E-state index contributed by atoms with van der Waals surface area (Å²) in [5.74, 6) is 2.81. The molecule has 4 rings (SSSR count). The predicted octanol–water partition coefficient (Wildman–Crippen LogP) is 3.37. The Morgan fingerprint density at radius 1 is 1.21 bits per heavy atom. The third-order valence-electron chi connectivity index (χ3n) is 8.77. The quantitative estimate of drug-likeness (QED) is 0.409. The topological polar surface area (TPSA) is 66.8 Å². The maximum absolute atomic E-state index is 13.1. The zero-order valence-electron chi connectivity index (χ0n) is 17.0. The number of allylic oxidation sites excluding steroid dienone is 1. The molecule has 0 spiro atoms. The number of ether oxygens (including phenoxy) is 1. The van der Waals surface area contributed by atoms with Crippen molar-refractivity contribution in [3.8, 4) is 12.1 Å². The molecule has 0 aromatic rings. The van der Waals surface area contributed by atoms with Gasteiger partial charge in [-0.25, -0.2) is 0 Å². The molecule has 3 saturated carbocycles. The van der Waals surface area contributed by atoms with Crippen LogP contribution in [-0.2, 0) is 9.53 Å². The monoisotopic (exact) mass is 390 g/mol. The van der Waals surface area contributed by atoms with Crippen molar-refractivity contribution in [3.63, 3.8) is 0 Å². The summed E-state index contributed by atoms with van der Waals surface area (Å²) in [4.78, 5) is 11.5. The predicted molar refractivity (Wildman–Crippen MR) is 102 cm³/mol. The van der Waals surface area contributed by atoms with E-state index in [2.05, 4.69) is 25.8 Å². The smallest absolute Gasteiger partial charge is 0.302 e. The van der Waals surface area contributed by atoms with Crippen LogP contribution in [0.25, 0.3) is 0 Å². The van der Waals surface area contributed by atoms with Crippen LogP contribution in [0, 0.1) is 46.6 Å². The summed E-state index contributed by atoms with van der Waals surface area (Å²) in [5, 5.41) is 21.8. The molecule has 4 nitrogen and oxygen atoms in total. The van der Waals surface area contributed by atoms with Crippen LogP contribution in [0.3, 0.4) is 0 Å². The zero-order chi connectivity index (χ0) is 20.3. The summed E-state index contributed by atoms with van der Waals surface area (Å²) < 4.78 is 18.5. The van der Waals surface area contributed by atoms with Gasteiger partial charge in [0, 0.05) is 18.8 Å². The van der Waals surface area contributed by atoms with Crippen LogP contribution in [0.4, 0.5) is 4.39 Å². The lowest BCUT2D eigenvalue weighted by Crippen LogP contribution is -2.58. The van der Waals surface area contributed by atoms with Gasteiger partial charge in [-0.15, -0.1) is 4.39 Å². The number of carbonyl (C=O) groups excluding carboxylic acids is 1. The van der Waals surface area contributed by atoms with E-state index >= 15 is 0 Å². The number of aliphatic hydroxyl groups excluding tert-OH is 2. The summed E-state index contributed by atoms with van der Waals surface area (Å²) in [5.41, 5.74) is 0.398. The second kappa shape index (κ2) is 6.85. The molecule has 4 aliphatic carbocycles. The molecule has 4 unspecified atom stereocenters. The first-order valence-corrected chi connectivity index (χ1v) is 10.6. The Morgan fingerprint density at radius 3 is 2.64 bits per heavy atom. The van der Waals surface area contributed by atoms with Crippen LogP contribution in [0.5, 0.6) is 0 Å². The molecule has 5 heteroatoms. The average Bonchev–Trinajstić information content (AvgIpc) is 2.94.